The number of pyridine rings is 1. The first-order valence-electron chi connectivity index (χ1n) is 5.26. The molecule has 1 aromatic heterocycles. The highest BCUT2D eigenvalue weighted by Gasteiger charge is 2.10. The molecule has 0 saturated heterocycles. The Bertz CT molecular complexity index is 320. The molecule has 2 rings (SSSR count). The fourth-order valence-corrected chi connectivity index (χ4v) is 1.70. The molecular weight excluding hydrogens is 174 g/mol. The second-order valence-electron chi connectivity index (χ2n) is 4.03. The minimum Gasteiger partial charge on any atom is -0.370 e. The normalized spacial score (nSPS) is 14.8. The smallest absolute Gasteiger partial charge is 0.131 e. The lowest BCUT2D eigenvalue weighted by Gasteiger charge is -2.18. The third kappa shape index (κ3) is 1.97. The van der Waals surface area contributed by atoms with Gasteiger partial charge in [-0.25, -0.2) is 4.98 Å². The molecule has 0 bridgehead atoms. The van der Waals surface area contributed by atoms with E-state index in [1.54, 1.807) is 0 Å². The average Bonchev–Trinajstić information content (AvgIpc) is 2.17. The molecule has 0 spiro atoms. The van der Waals surface area contributed by atoms with Gasteiger partial charge in [-0.3, -0.25) is 0 Å². The molecule has 14 heavy (non-hydrogen) atoms. The second-order valence-corrected chi connectivity index (χ2v) is 4.03. The van der Waals surface area contributed by atoms with Gasteiger partial charge in [0, 0.05) is 12.6 Å². The van der Waals surface area contributed by atoms with Crippen molar-refractivity contribution in [3.8, 4) is 0 Å². The van der Waals surface area contributed by atoms with Gasteiger partial charge in [-0.1, -0.05) is 6.07 Å². The van der Waals surface area contributed by atoms with Crippen LogP contribution in [0, 0.1) is 0 Å². The Labute approximate surface area is 84.9 Å². The summed E-state index contributed by atoms with van der Waals surface area (Å²) < 4.78 is 0. The van der Waals surface area contributed by atoms with E-state index in [-0.39, 0.29) is 0 Å². The molecular formula is C11H17N3. The predicted molar refractivity (Wildman–Crippen MR) is 59.8 cm³/mol. The summed E-state index contributed by atoms with van der Waals surface area (Å²) in [4.78, 5) is 4.53. The van der Waals surface area contributed by atoms with Crippen LogP contribution in [0.2, 0.25) is 0 Å². The molecule has 3 heteroatoms. The number of nitrogens with zero attached hydrogens (tertiary/aromatic N) is 1. The fraction of sp³-hybridized carbons (Fsp3) is 0.545. The summed E-state index contributed by atoms with van der Waals surface area (Å²) >= 11 is 0. The summed E-state index contributed by atoms with van der Waals surface area (Å²) in [6.07, 6.45) is 2.36. The lowest BCUT2D eigenvalue weighted by molar-refractivity contribution is 0.814. The molecule has 1 aromatic rings. The molecule has 0 aromatic carbocycles. The molecule has 1 aliphatic rings. The van der Waals surface area contributed by atoms with Gasteiger partial charge < -0.3 is 10.6 Å². The fourth-order valence-electron chi connectivity index (χ4n) is 1.70. The molecule has 2 heterocycles. The van der Waals surface area contributed by atoms with Crippen molar-refractivity contribution in [1.82, 2.24) is 4.98 Å². The zero-order valence-electron chi connectivity index (χ0n) is 8.80. The molecule has 3 nitrogen and oxygen atoms in total. The molecule has 1 aliphatic heterocycles. The Morgan fingerprint density at radius 3 is 3.07 bits per heavy atom. The summed E-state index contributed by atoms with van der Waals surface area (Å²) in [7, 11) is 0. The van der Waals surface area contributed by atoms with Crippen molar-refractivity contribution in [2.45, 2.75) is 32.7 Å². The lowest BCUT2D eigenvalue weighted by atomic mass is 10.1. The molecule has 0 aliphatic carbocycles. The SMILES string of the molecule is CC(C)Nc1ccc2c(n1)NCCC2. The van der Waals surface area contributed by atoms with Crippen LogP contribution in [0.4, 0.5) is 11.6 Å². The van der Waals surface area contributed by atoms with Crippen molar-refractivity contribution >= 4 is 11.6 Å². The number of aryl methyl sites for hydroxylation is 1. The van der Waals surface area contributed by atoms with E-state index in [0.717, 1.165) is 24.6 Å². The van der Waals surface area contributed by atoms with Crippen molar-refractivity contribution < 1.29 is 0 Å². The maximum absolute atomic E-state index is 4.53. The largest absolute Gasteiger partial charge is 0.370 e. The lowest BCUT2D eigenvalue weighted by Crippen LogP contribution is -2.16. The molecule has 0 atom stereocenters. The zero-order chi connectivity index (χ0) is 9.97. The molecule has 0 unspecified atom stereocenters. The quantitative estimate of drug-likeness (QED) is 0.753. The van der Waals surface area contributed by atoms with Crippen LogP contribution >= 0.6 is 0 Å². The maximum atomic E-state index is 4.53. The first kappa shape index (κ1) is 9.31. The maximum Gasteiger partial charge on any atom is 0.131 e. The number of nitrogens with one attached hydrogen (secondary N) is 2. The van der Waals surface area contributed by atoms with Gasteiger partial charge in [0.25, 0.3) is 0 Å². The summed E-state index contributed by atoms with van der Waals surface area (Å²) in [5.41, 5.74) is 1.34. The first-order chi connectivity index (χ1) is 6.75. The Balaban J connectivity index is 2.20. The average molecular weight is 191 g/mol. The van der Waals surface area contributed by atoms with Gasteiger partial charge in [-0.05, 0) is 38.3 Å². The van der Waals surface area contributed by atoms with Gasteiger partial charge >= 0.3 is 0 Å². The van der Waals surface area contributed by atoms with E-state index in [4.69, 9.17) is 0 Å². The second kappa shape index (κ2) is 3.86. The third-order valence-electron chi connectivity index (χ3n) is 2.33. The Morgan fingerprint density at radius 2 is 2.29 bits per heavy atom. The number of fused-ring (bicyclic) bond motifs is 1. The molecule has 2 N–H and O–H groups in total. The van der Waals surface area contributed by atoms with Crippen LogP contribution in [0.15, 0.2) is 12.1 Å². The van der Waals surface area contributed by atoms with Gasteiger partial charge in [-0.2, -0.15) is 0 Å². The first-order valence-corrected chi connectivity index (χ1v) is 5.26. The zero-order valence-corrected chi connectivity index (χ0v) is 8.80. The van der Waals surface area contributed by atoms with Crippen molar-refractivity contribution in [3.63, 3.8) is 0 Å². The van der Waals surface area contributed by atoms with E-state index in [1.807, 2.05) is 0 Å². The van der Waals surface area contributed by atoms with Crippen molar-refractivity contribution in [2.24, 2.45) is 0 Å². The van der Waals surface area contributed by atoms with Gasteiger partial charge in [0.2, 0.25) is 0 Å². The summed E-state index contributed by atoms with van der Waals surface area (Å²) in [6, 6.07) is 4.66. The third-order valence-corrected chi connectivity index (χ3v) is 2.33. The number of hydrogen-bond acceptors (Lipinski definition) is 3. The van der Waals surface area contributed by atoms with Gasteiger partial charge in [0.15, 0.2) is 0 Å². The van der Waals surface area contributed by atoms with Crippen LogP contribution in [0.25, 0.3) is 0 Å². The standard InChI is InChI=1S/C11H17N3/c1-8(2)13-10-6-5-9-4-3-7-12-11(9)14-10/h5-6,8H,3-4,7H2,1-2H3,(H2,12,13,14). The van der Waals surface area contributed by atoms with E-state index in [1.165, 1.54) is 12.0 Å². The van der Waals surface area contributed by atoms with Crippen molar-refractivity contribution in [3.05, 3.63) is 17.7 Å². The van der Waals surface area contributed by atoms with Crippen LogP contribution in [-0.4, -0.2) is 17.6 Å². The predicted octanol–water partition coefficient (Wildman–Crippen LogP) is 2.26. The molecule has 0 fully saturated rings. The number of rotatable bonds is 2. The molecule has 0 saturated carbocycles. The number of anilines is 2. The van der Waals surface area contributed by atoms with E-state index in [0.29, 0.717) is 6.04 Å². The Hall–Kier alpha value is -1.25. The highest BCUT2D eigenvalue weighted by atomic mass is 15.1. The van der Waals surface area contributed by atoms with E-state index in [9.17, 15) is 0 Å². The Morgan fingerprint density at radius 1 is 1.43 bits per heavy atom. The van der Waals surface area contributed by atoms with E-state index >= 15 is 0 Å². The van der Waals surface area contributed by atoms with Crippen molar-refractivity contribution in [2.75, 3.05) is 17.2 Å². The van der Waals surface area contributed by atoms with E-state index in [2.05, 4.69) is 41.6 Å². The molecule has 0 amide bonds. The monoisotopic (exact) mass is 191 g/mol. The van der Waals surface area contributed by atoms with E-state index < -0.39 is 0 Å². The van der Waals surface area contributed by atoms with Crippen LogP contribution in [0.1, 0.15) is 25.8 Å². The number of aromatic nitrogens is 1. The molecule has 0 radical (unpaired) electrons. The van der Waals surface area contributed by atoms with Crippen molar-refractivity contribution in [1.29, 1.82) is 0 Å². The summed E-state index contributed by atoms with van der Waals surface area (Å²) in [6.45, 7) is 5.29. The van der Waals surface area contributed by atoms with Crippen LogP contribution in [-0.2, 0) is 6.42 Å². The number of hydrogen-bond donors (Lipinski definition) is 2. The van der Waals surface area contributed by atoms with Crippen LogP contribution < -0.4 is 10.6 Å². The van der Waals surface area contributed by atoms with Gasteiger partial charge in [0.1, 0.15) is 11.6 Å². The van der Waals surface area contributed by atoms with Gasteiger partial charge in [-0.15, -0.1) is 0 Å². The van der Waals surface area contributed by atoms with Gasteiger partial charge in [0.05, 0.1) is 0 Å². The minimum absolute atomic E-state index is 0.434. The summed E-state index contributed by atoms with van der Waals surface area (Å²) in [5, 5.41) is 6.63. The highest BCUT2D eigenvalue weighted by Crippen LogP contribution is 2.21. The van der Waals surface area contributed by atoms with Crippen LogP contribution in [0.3, 0.4) is 0 Å². The summed E-state index contributed by atoms with van der Waals surface area (Å²) in [5.74, 6) is 2.02. The molecule has 76 valence electrons. The minimum atomic E-state index is 0.434. The van der Waals surface area contributed by atoms with Crippen LogP contribution in [0.5, 0.6) is 0 Å². The Kier molecular flexibility index (Phi) is 2.57. The topological polar surface area (TPSA) is 37.0 Å². The highest BCUT2D eigenvalue weighted by molar-refractivity contribution is 5.52.